The molecule has 168 valence electrons. The molecule has 32 heavy (non-hydrogen) atoms. The van der Waals surface area contributed by atoms with E-state index in [0.29, 0.717) is 22.6 Å². The fraction of sp³-hybridized carbons (Fsp3) is 0.458. The summed E-state index contributed by atoms with van der Waals surface area (Å²) in [4.78, 5) is 16.0. The third kappa shape index (κ3) is 3.88. The third-order valence-corrected chi connectivity index (χ3v) is 6.63. The van der Waals surface area contributed by atoms with E-state index in [4.69, 9.17) is 4.74 Å². The number of hydrogen-bond acceptors (Lipinski definition) is 6. The number of fused-ring (bicyclic) bond motifs is 1. The van der Waals surface area contributed by atoms with Crippen LogP contribution in [0.1, 0.15) is 42.9 Å². The van der Waals surface area contributed by atoms with Gasteiger partial charge in [0.05, 0.1) is 24.9 Å². The van der Waals surface area contributed by atoms with Crippen LogP contribution in [0.3, 0.4) is 0 Å². The van der Waals surface area contributed by atoms with Crippen molar-refractivity contribution in [3.63, 3.8) is 0 Å². The van der Waals surface area contributed by atoms with E-state index in [0.717, 1.165) is 55.9 Å². The van der Waals surface area contributed by atoms with Crippen molar-refractivity contribution in [2.75, 3.05) is 36.5 Å². The van der Waals surface area contributed by atoms with Gasteiger partial charge in [-0.3, -0.25) is 0 Å². The number of rotatable bonds is 5. The first-order valence-corrected chi connectivity index (χ1v) is 11.1. The lowest BCUT2D eigenvalue weighted by molar-refractivity contribution is -0.124. The summed E-state index contributed by atoms with van der Waals surface area (Å²) >= 11 is 0. The van der Waals surface area contributed by atoms with E-state index in [9.17, 15) is 8.78 Å². The van der Waals surface area contributed by atoms with Gasteiger partial charge >= 0.3 is 0 Å². The second-order valence-corrected chi connectivity index (χ2v) is 8.95. The molecule has 1 atom stereocenters. The maximum absolute atomic E-state index is 14.7. The van der Waals surface area contributed by atoms with Crippen LogP contribution in [-0.4, -0.2) is 41.3 Å². The topological polar surface area (TPSA) is 63.2 Å². The van der Waals surface area contributed by atoms with Crippen molar-refractivity contribution >= 4 is 22.5 Å². The number of anilines is 2. The molecule has 6 nitrogen and oxygen atoms in total. The number of halogens is 2. The molecule has 0 bridgehead atoms. The molecule has 3 aromatic rings. The van der Waals surface area contributed by atoms with Gasteiger partial charge < -0.3 is 15.0 Å². The van der Waals surface area contributed by atoms with Crippen molar-refractivity contribution in [3.05, 3.63) is 53.2 Å². The number of hydrogen-bond donors (Lipinski definition) is 1. The molecule has 1 unspecified atom stereocenters. The van der Waals surface area contributed by atoms with Crippen LogP contribution in [0.4, 0.5) is 20.4 Å². The van der Waals surface area contributed by atoms with E-state index >= 15 is 0 Å². The molecule has 1 spiro atoms. The monoisotopic (exact) mass is 439 g/mol. The molecule has 2 saturated heterocycles. The van der Waals surface area contributed by atoms with Crippen LogP contribution in [0.15, 0.2) is 30.5 Å². The van der Waals surface area contributed by atoms with E-state index in [2.05, 4.69) is 25.2 Å². The second kappa shape index (κ2) is 8.24. The molecular weight excluding hydrogens is 412 g/mol. The zero-order chi connectivity index (χ0) is 22.3. The molecule has 1 N–H and O–H groups in total. The molecule has 2 aromatic heterocycles. The molecular formula is C24H27F2N5O. The van der Waals surface area contributed by atoms with Gasteiger partial charge in [-0.25, -0.2) is 23.7 Å². The minimum atomic E-state index is -1.36. The Bertz CT molecular complexity index is 1140. The number of piperidine rings is 1. The first-order valence-electron chi connectivity index (χ1n) is 11.1. The Labute approximate surface area is 186 Å². The quantitative estimate of drug-likeness (QED) is 0.620. The average molecular weight is 440 g/mol. The highest BCUT2D eigenvalue weighted by molar-refractivity contribution is 5.90. The van der Waals surface area contributed by atoms with Gasteiger partial charge in [0, 0.05) is 41.6 Å². The summed E-state index contributed by atoms with van der Waals surface area (Å²) in [7, 11) is 0. The minimum absolute atomic E-state index is 0.0687. The Morgan fingerprint density at radius 1 is 1.22 bits per heavy atom. The molecule has 8 heteroatoms. The molecule has 0 saturated carbocycles. The van der Waals surface area contributed by atoms with Gasteiger partial charge in [-0.1, -0.05) is 18.2 Å². The van der Waals surface area contributed by atoms with Gasteiger partial charge in [0.25, 0.3) is 0 Å². The van der Waals surface area contributed by atoms with Gasteiger partial charge in [0.2, 0.25) is 0 Å². The van der Waals surface area contributed by atoms with Crippen LogP contribution in [0.5, 0.6) is 0 Å². The summed E-state index contributed by atoms with van der Waals surface area (Å²) in [5.74, 6) is 1.60. The molecule has 0 radical (unpaired) electrons. The number of aryl methyl sites for hydroxylation is 1. The van der Waals surface area contributed by atoms with Crippen LogP contribution in [0, 0.1) is 18.2 Å². The summed E-state index contributed by atoms with van der Waals surface area (Å²) in [5, 5.41) is 4.07. The molecule has 2 aliphatic heterocycles. The first-order chi connectivity index (χ1) is 15.4. The van der Waals surface area contributed by atoms with Crippen molar-refractivity contribution in [1.82, 2.24) is 15.0 Å². The predicted molar refractivity (Wildman–Crippen MR) is 120 cm³/mol. The number of pyridine rings is 1. The number of ether oxygens (including phenoxy) is 1. The lowest BCUT2D eigenvalue weighted by Crippen LogP contribution is -2.51. The Morgan fingerprint density at radius 2 is 2.00 bits per heavy atom. The molecule has 2 aliphatic rings. The second-order valence-electron chi connectivity index (χ2n) is 8.95. The van der Waals surface area contributed by atoms with Crippen molar-refractivity contribution < 1.29 is 13.5 Å². The lowest BCUT2D eigenvalue weighted by Gasteiger charge is -2.47. The predicted octanol–water partition coefficient (Wildman–Crippen LogP) is 4.73. The molecule has 0 aliphatic carbocycles. The van der Waals surface area contributed by atoms with E-state index in [1.54, 1.807) is 18.3 Å². The van der Waals surface area contributed by atoms with Gasteiger partial charge in [-0.15, -0.1) is 0 Å². The van der Waals surface area contributed by atoms with Crippen LogP contribution in [0.2, 0.25) is 0 Å². The molecule has 1 aromatic carbocycles. The van der Waals surface area contributed by atoms with E-state index in [-0.39, 0.29) is 12.1 Å². The lowest BCUT2D eigenvalue weighted by atomic mass is 9.77. The third-order valence-electron chi connectivity index (χ3n) is 6.63. The molecule has 5 rings (SSSR count). The summed E-state index contributed by atoms with van der Waals surface area (Å²) < 4.78 is 33.8. The molecule has 0 amide bonds. The van der Waals surface area contributed by atoms with Crippen LogP contribution < -0.4 is 10.2 Å². The smallest absolute Gasteiger partial charge is 0.138 e. The maximum Gasteiger partial charge on any atom is 0.138 e. The van der Waals surface area contributed by atoms with Crippen LogP contribution in [0.25, 0.3) is 10.9 Å². The number of nitrogens with one attached hydrogen (secondary N) is 1. The van der Waals surface area contributed by atoms with Crippen molar-refractivity contribution in [2.24, 2.45) is 5.41 Å². The fourth-order valence-electron chi connectivity index (χ4n) is 4.56. The summed E-state index contributed by atoms with van der Waals surface area (Å²) in [6, 6.07) is 6.81. The minimum Gasteiger partial charge on any atom is -0.380 e. The number of benzene rings is 1. The molecule has 4 heterocycles. The summed E-state index contributed by atoms with van der Waals surface area (Å²) in [6.07, 6.45) is 2.61. The summed E-state index contributed by atoms with van der Waals surface area (Å²) in [5.41, 5.74) is 1.56. The SMILES string of the molecule is Cc1nc(NCc2cccc(C(C)F)c2F)c2cc(N3CCC4(CC3)COC4)ncc2n1. The van der Waals surface area contributed by atoms with Gasteiger partial charge in [-0.2, -0.15) is 0 Å². The number of alkyl halides is 1. The number of aromatic nitrogens is 3. The molecule has 2 fully saturated rings. The first kappa shape index (κ1) is 21.0. The highest BCUT2D eigenvalue weighted by Gasteiger charge is 2.41. The van der Waals surface area contributed by atoms with Crippen LogP contribution >= 0.6 is 0 Å². The van der Waals surface area contributed by atoms with E-state index in [1.807, 2.05) is 13.0 Å². The van der Waals surface area contributed by atoms with Gasteiger partial charge in [0.1, 0.15) is 29.4 Å². The average Bonchev–Trinajstić information content (AvgIpc) is 2.76. The van der Waals surface area contributed by atoms with Crippen molar-refractivity contribution in [1.29, 1.82) is 0 Å². The zero-order valence-electron chi connectivity index (χ0n) is 18.4. The highest BCUT2D eigenvalue weighted by Crippen LogP contribution is 2.39. The van der Waals surface area contributed by atoms with Gasteiger partial charge in [0.15, 0.2) is 0 Å². The van der Waals surface area contributed by atoms with E-state index in [1.165, 1.54) is 13.0 Å². The standard InChI is InChI=1S/C24H27F2N5O/c1-15(25)18-5-3-4-17(22(18)26)11-28-23-19-10-21(27-12-20(19)29-16(2)30-23)31-8-6-24(7-9-31)13-32-14-24/h3-5,10,12,15H,6-9,11,13-14H2,1-2H3,(H,28,29,30). The normalized spacial score (nSPS) is 18.6. The largest absolute Gasteiger partial charge is 0.380 e. The van der Waals surface area contributed by atoms with E-state index < -0.39 is 12.0 Å². The van der Waals surface area contributed by atoms with Crippen molar-refractivity contribution in [2.45, 2.75) is 39.4 Å². The maximum atomic E-state index is 14.7. The highest BCUT2D eigenvalue weighted by atomic mass is 19.1. The van der Waals surface area contributed by atoms with Crippen molar-refractivity contribution in [3.8, 4) is 0 Å². The number of nitrogens with zero attached hydrogens (tertiary/aromatic N) is 4. The Balaban J connectivity index is 1.40. The zero-order valence-corrected chi connectivity index (χ0v) is 18.4. The van der Waals surface area contributed by atoms with Crippen LogP contribution in [-0.2, 0) is 11.3 Å². The Hall–Kier alpha value is -2.87. The Morgan fingerprint density at radius 3 is 2.69 bits per heavy atom. The van der Waals surface area contributed by atoms with Gasteiger partial charge in [-0.05, 0) is 32.8 Å². The summed E-state index contributed by atoms with van der Waals surface area (Å²) in [6.45, 7) is 6.97. The Kier molecular flexibility index (Phi) is 5.41. The fourth-order valence-corrected chi connectivity index (χ4v) is 4.56.